The average molecular weight is 534 g/mol. The van der Waals surface area contributed by atoms with Gasteiger partial charge in [0.1, 0.15) is 9.84 Å². The maximum atomic E-state index is 11.3. The normalized spacial score (nSPS) is 12.8. The highest BCUT2D eigenvalue weighted by atomic mass is 127. The van der Waals surface area contributed by atoms with Gasteiger partial charge in [0.25, 0.3) is 0 Å². The highest BCUT2D eigenvalue weighted by molar-refractivity contribution is 14.0. The summed E-state index contributed by atoms with van der Waals surface area (Å²) in [6.07, 6.45) is 1.80. The molecule has 2 aromatic carbocycles. The minimum atomic E-state index is -2.95. The van der Waals surface area contributed by atoms with E-state index in [0.29, 0.717) is 18.9 Å². The Balaban J connectivity index is 0.00000392. The monoisotopic (exact) mass is 533 g/mol. The Morgan fingerprint density at radius 3 is 2.25 bits per heavy atom. The molecular formula is C20H28IN3O2S2. The van der Waals surface area contributed by atoms with Crippen molar-refractivity contribution in [2.75, 3.05) is 19.1 Å². The van der Waals surface area contributed by atoms with Crippen LogP contribution in [0.25, 0.3) is 0 Å². The molecule has 0 amide bonds. The Hall–Kier alpha value is -1.26. The SMILES string of the molecule is CN=C(NCc1ccc(Sc2ccccc2)cc1)NC(C)CCS(C)(=O)=O.I. The topological polar surface area (TPSA) is 70.6 Å². The van der Waals surface area contributed by atoms with Crippen LogP contribution in [-0.2, 0) is 16.4 Å². The van der Waals surface area contributed by atoms with Crippen molar-refractivity contribution in [2.45, 2.75) is 35.7 Å². The molecule has 2 N–H and O–H groups in total. The molecule has 28 heavy (non-hydrogen) atoms. The van der Waals surface area contributed by atoms with Gasteiger partial charge in [-0.1, -0.05) is 42.1 Å². The van der Waals surface area contributed by atoms with Gasteiger partial charge < -0.3 is 10.6 Å². The van der Waals surface area contributed by atoms with Crippen LogP contribution < -0.4 is 10.6 Å². The number of rotatable bonds is 8. The van der Waals surface area contributed by atoms with Crippen LogP contribution in [0.1, 0.15) is 18.9 Å². The van der Waals surface area contributed by atoms with Gasteiger partial charge in [-0.2, -0.15) is 0 Å². The first kappa shape index (κ1) is 24.8. The number of nitrogens with one attached hydrogen (secondary N) is 2. The summed E-state index contributed by atoms with van der Waals surface area (Å²) in [6, 6.07) is 18.7. The van der Waals surface area contributed by atoms with Crippen LogP contribution in [0.3, 0.4) is 0 Å². The Bertz CT molecular complexity index is 842. The van der Waals surface area contributed by atoms with Gasteiger partial charge in [0.2, 0.25) is 0 Å². The molecule has 0 spiro atoms. The van der Waals surface area contributed by atoms with Crippen molar-refractivity contribution < 1.29 is 8.42 Å². The minimum Gasteiger partial charge on any atom is -0.354 e. The van der Waals surface area contributed by atoms with E-state index in [2.05, 4.69) is 52.0 Å². The standard InChI is InChI=1S/C20H27N3O2S2.HI/c1-16(13-14-27(3,24)25)23-20(21-2)22-15-17-9-11-19(12-10-17)26-18-7-5-4-6-8-18;/h4-12,16H,13-15H2,1-3H3,(H2,21,22,23);1H. The Labute approximate surface area is 189 Å². The fraction of sp³-hybridized carbons (Fsp3) is 0.350. The van der Waals surface area contributed by atoms with Gasteiger partial charge in [-0.3, -0.25) is 4.99 Å². The second-order valence-electron chi connectivity index (χ2n) is 6.45. The maximum absolute atomic E-state index is 11.3. The van der Waals surface area contributed by atoms with Gasteiger partial charge in [0, 0.05) is 35.7 Å². The number of hydrogen-bond donors (Lipinski definition) is 2. The zero-order valence-corrected chi connectivity index (χ0v) is 20.3. The molecular weight excluding hydrogens is 505 g/mol. The first-order valence-corrected chi connectivity index (χ1v) is 11.7. The number of halogens is 1. The van der Waals surface area contributed by atoms with E-state index in [9.17, 15) is 8.42 Å². The summed E-state index contributed by atoms with van der Waals surface area (Å²) in [7, 11) is -1.24. The molecule has 0 aliphatic rings. The van der Waals surface area contributed by atoms with E-state index in [0.717, 1.165) is 5.56 Å². The first-order chi connectivity index (χ1) is 12.9. The predicted octanol–water partition coefficient (Wildman–Crippen LogP) is 3.94. The van der Waals surface area contributed by atoms with Gasteiger partial charge in [-0.05, 0) is 43.2 Å². The molecule has 0 aliphatic carbocycles. The second-order valence-corrected chi connectivity index (χ2v) is 9.86. The van der Waals surface area contributed by atoms with Crippen LogP contribution in [0.5, 0.6) is 0 Å². The van der Waals surface area contributed by atoms with E-state index < -0.39 is 9.84 Å². The molecule has 0 aromatic heterocycles. The van der Waals surface area contributed by atoms with Crippen molar-refractivity contribution in [3.63, 3.8) is 0 Å². The van der Waals surface area contributed by atoms with Crippen molar-refractivity contribution in [1.29, 1.82) is 0 Å². The summed E-state index contributed by atoms with van der Waals surface area (Å²) < 4.78 is 22.5. The van der Waals surface area contributed by atoms with E-state index in [1.807, 2.05) is 25.1 Å². The van der Waals surface area contributed by atoms with E-state index in [-0.39, 0.29) is 35.8 Å². The number of nitrogens with zero attached hydrogens (tertiary/aromatic N) is 1. The third-order valence-electron chi connectivity index (χ3n) is 3.89. The fourth-order valence-electron chi connectivity index (χ4n) is 2.38. The minimum absolute atomic E-state index is 0. The zero-order valence-electron chi connectivity index (χ0n) is 16.4. The number of benzene rings is 2. The molecule has 154 valence electrons. The molecule has 5 nitrogen and oxygen atoms in total. The smallest absolute Gasteiger partial charge is 0.191 e. The van der Waals surface area contributed by atoms with Gasteiger partial charge in [0.15, 0.2) is 5.96 Å². The third-order valence-corrected chi connectivity index (χ3v) is 5.88. The molecule has 2 rings (SSSR count). The molecule has 2 aromatic rings. The van der Waals surface area contributed by atoms with Gasteiger partial charge in [-0.25, -0.2) is 8.42 Å². The van der Waals surface area contributed by atoms with Crippen molar-refractivity contribution in [3.05, 3.63) is 60.2 Å². The molecule has 0 radical (unpaired) electrons. The lowest BCUT2D eigenvalue weighted by molar-refractivity contribution is 0.581. The van der Waals surface area contributed by atoms with Crippen molar-refractivity contribution in [3.8, 4) is 0 Å². The van der Waals surface area contributed by atoms with Crippen molar-refractivity contribution in [2.24, 2.45) is 4.99 Å². The molecule has 1 atom stereocenters. The van der Waals surface area contributed by atoms with Crippen LogP contribution >= 0.6 is 35.7 Å². The summed E-state index contributed by atoms with van der Waals surface area (Å²) in [5, 5.41) is 6.49. The summed E-state index contributed by atoms with van der Waals surface area (Å²) in [4.78, 5) is 6.62. The Kier molecular flexibility index (Phi) is 10.9. The highest BCUT2D eigenvalue weighted by Crippen LogP contribution is 2.27. The lowest BCUT2D eigenvalue weighted by Gasteiger charge is -2.17. The average Bonchev–Trinajstić information content (AvgIpc) is 2.65. The van der Waals surface area contributed by atoms with E-state index in [1.165, 1.54) is 16.0 Å². The molecule has 8 heteroatoms. The van der Waals surface area contributed by atoms with E-state index in [1.54, 1.807) is 18.8 Å². The summed E-state index contributed by atoms with van der Waals surface area (Å²) in [5.41, 5.74) is 1.15. The fourth-order valence-corrected chi connectivity index (χ4v) is 4.00. The molecule has 1 unspecified atom stereocenters. The predicted molar refractivity (Wildman–Crippen MR) is 130 cm³/mol. The van der Waals surface area contributed by atoms with E-state index >= 15 is 0 Å². The Morgan fingerprint density at radius 1 is 1.07 bits per heavy atom. The van der Waals surface area contributed by atoms with E-state index in [4.69, 9.17) is 0 Å². The lowest BCUT2D eigenvalue weighted by Crippen LogP contribution is -2.42. The van der Waals surface area contributed by atoms with Crippen LogP contribution in [0.2, 0.25) is 0 Å². The molecule has 0 fully saturated rings. The van der Waals surface area contributed by atoms with Gasteiger partial charge in [0.05, 0.1) is 5.75 Å². The van der Waals surface area contributed by atoms with Gasteiger partial charge in [-0.15, -0.1) is 24.0 Å². The van der Waals surface area contributed by atoms with Crippen LogP contribution in [0, 0.1) is 0 Å². The van der Waals surface area contributed by atoms with Crippen molar-refractivity contribution in [1.82, 2.24) is 10.6 Å². The zero-order chi connectivity index (χ0) is 19.7. The quantitative estimate of drug-likeness (QED) is 0.306. The highest BCUT2D eigenvalue weighted by Gasteiger charge is 2.09. The lowest BCUT2D eigenvalue weighted by atomic mass is 10.2. The first-order valence-electron chi connectivity index (χ1n) is 8.82. The van der Waals surface area contributed by atoms with Crippen molar-refractivity contribution >= 4 is 51.5 Å². The van der Waals surface area contributed by atoms with Gasteiger partial charge >= 0.3 is 0 Å². The second kappa shape index (κ2) is 12.3. The number of hydrogen-bond acceptors (Lipinski definition) is 4. The molecule has 0 aliphatic heterocycles. The van der Waals surface area contributed by atoms with Crippen LogP contribution in [0.4, 0.5) is 0 Å². The largest absolute Gasteiger partial charge is 0.354 e. The number of aliphatic imine (C=N–C) groups is 1. The molecule has 0 saturated heterocycles. The molecule has 0 bridgehead atoms. The Morgan fingerprint density at radius 2 is 1.68 bits per heavy atom. The van der Waals surface area contributed by atoms with Crippen LogP contribution in [-0.4, -0.2) is 39.5 Å². The number of guanidine groups is 1. The summed E-state index contributed by atoms with van der Waals surface area (Å²) in [6.45, 7) is 2.60. The number of sulfone groups is 1. The molecule has 0 saturated carbocycles. The van der Waals surface area contributed by atoms with Crippen LogP contribution in [0.15, 0.2) is 69.4 Å². The summed E-state index contributed by atoms with van der Waals surface area (Å²) in [5.74, 6) is 0.831. The summed E-state index contributed by atoms with van der Waals surface area (Å²) >= 11 is 1.74. The third kappa shape index (κ3) is 9.79. The molecule has 0 heterocycles. The maximum Gasteiger partial charge on any atom is 0.191 e.